The summed E-state index contributed by atoms with van der Waals surface area (Å²) in [6, 6.07) is 8.21. The number of aryl methyl sites for hydroxylation is 1. The summed E-state index contributed by atoms with van der Waals surface area (Å²) in [7, 11) is 0. The van der Waals surface area contributed by atoms with Crippen molar-refractivity contribution in [2.24, 2.45) is 0 Å². The quantitative estimate of drug-likeness (QED) is 0.785. The smallest absolute Gasteiger partial charge is 0.143 e. The number of nitrogens with zero attached hydrogens (tertiary/aromatic N) is 3. The van der Waals surface area contributed by atoms with Gasteiger partial charge in [0.15, 0.2) is 0 Å². The summed E-state index contributed by atoms with van der Waals surface area (Å²) in [4.78, 5) is 14.6. The number of rotatable bonds is 3. The van der Waals surface area contributed by atoms with E-state index in [2.05, 4.69) is 38.9 Å². The number of H-pyrrole nitrogens is 1. The number of hydrogen-bond donors (Lipinski definition) is 1. The van der Waals surface area contributed by atoms with Gasteiger partial charge in [0.25, 0.3) is 0 Å². The van der Waals surface area contributed by atoms with E-state index in [1.54, 1.807) is 6.33 Å². The molecule has 118 valence electrons. The highest BCUT2D eigenvalue weighted by Gasteiger charge is 2.27. The van der Waals surface area contributed by atoms with Crippen molar-refractivity contribution in [2.45, 2.75) is 25.7 Å². The first-order valence-electron chi connectivity index (χ1n) is 8.07. The molecule has 4 rings (SSSR count). The van der Waals surface area contributed by atoms with Crippen LogP contribution in [0.2, 0.25) is 5.02 Å². The van der Waals surface area contributed by atoms with Gasteiger partial charge < -0.3 is 9.88 Å². The Morgan fingerprint density at radius 3 is 3.09 bits per heavy atom. The Hall–Kier alpha value is -2.07. The summed E-state index contributed by atoms with van der Waals surface area (Å²) in [6.07, 6.45) is 5.80. The van der Waals surface area contributed by atoms with Crippen molar-refractivity contribution in [1.82, 2.24) is 15.0 Å². The third-order valence-corrected chi connectivity index (χ3v) is 4.96. The van der Waals surface area contributed by atoms with Gasteiger partial charge in [0.2, 0.25) is 0 Å². The van der Waals surface area contributed by atoms with E-state index >= 15 is 0 Å². The van der Waals surface area contributed by atoms with Gasteiger partial charge in [-0.1, -0.05) is 30.7 Å². The van der Waals surface area contributed by atoms with Crippen molar-refractivity contribution in [3.8, 4) is 0 Å². The minimum absolute atomic E-state index is 0.503. The Morgan fingerprint density at radius 2 is 2.26 bits per heavy atom. The number of hydrogen-bond acceptors (Lipinski definition) is 3. The maximum Gasteiger partial charge on any atom is 0.143 e. The van der Waals surface area contributed by atoms with Gasteiger partial charge in [-0.25, -0.2) is 9.97 Å². The number of halogens is 1. The van der Waals surface area contributed by atoms with Crippen LogP contribution in [0.15, 0.2) is 36.8 Å². The van der Waals surface area contributed by atoms with Crippen molar-refractivity contribution in [2.75, 3.05) is 18.0 Å². The molecule has 4 nitrogen and oxygen atoms in total. The molecule has 23 heavy (non-hydrogen) atoms. The second-order valence-electron chi connectivity index (χ2n) is 6.07. The van der Waals surface area contributed by atoms with Gasteiger partial charge in [-0.2, -0.15) is 0 Å². The largest absolute Gasteiger partial charge is 0.355 e. The monoisotopic (exact) mass is 326 g/mol. The molecule has 1 atom stereocenters. The maximum absolute atomic E-state index is 6.14. The SMILES string of the molecule is CCc1c[nH]c2ncnc(N3CCC(c4cccc(Cl)c4)C3)c12. The predicted octanol–water partition coefficient (Wildman–Crippen LogP) is 4.17. The molecule has 3 aromatic rings. The van der Waals surface area contributed by atoms with Gasteiger partial charge in [-0.3, -0.25) is 0 Å². The first-order chi connectivity index (χ1) is 11.3. The van der Waals surface area contributed by atoms with Crippen LogP contribution in [0, 0.1) is 0 Å². The van der Waals surface area contributed by atoms with Crippen LogP contribution in [-0.2, 0) is 6.42 Å². The third-order valence-electron chi connectivity index (χ3n) is 4.72. The highest BCUT2D eigenvalue weighted by Crippen LogP contribution is 2.34. The second kappa shape index (κ2) is 5.85. The van der Waals surface area contributed by atoms with Crippen LogP contribution in [0.3, 0.4) is 0 Å². The molecule has 1 N–H and O–H groups in total. The highest BCUT2D eigenvalue weighted by molar-refractivity contribution is 6.30. The zero-order valence-corrected chi connectivity index (χ0v) is 13.8. The maximum atomic E-state index is 6.14. The number of nitrogens with one attached hydrogen (secondary N) is 1. The molecule has 0 bridgehead atoms. The van der Waals surface area contributed by atoms with E-state index in [0.717, 1.165) is 42.4 Å². The summed E-state index contributed by atoms with van der Waals surface area (Å²) in [5, 5.41) is 1.98. The zero-order chi connectivity index (χ0) is 15.8. The van der Waals surface area contributed by atoms with E-state index in [1.165, 1.54) is 16.5 Å². The summed E-state index contributed by atoms with van der Waals surface area (Å²) in [6.45, 7) is 4.15. The molecule has 0 radical (unpaired) electrons. The Morgan fingerprint density at radius 1 is 1.35 bits per heavy atom. The fourth-order valence-electron chi connectivity index (χ4n) is 3.51. The van der Waals surface area contributed by atoms with Gasteiger partial charge >= 0.3 is 0 Å². The van der Waals surface area contributed by atoms with E-state index in [0.29, 0.717) is 5.92 Å². The lowest BCUT2D eigenvalue weighted by Gasteiger charge is -2.19. The number of aromatic amines is 1. The number of benzene rings is 1. The van der Waals surface area contributed by atoms with E-state index in [1.807, 2.05) is 18.3 Å². The predicted molar refractivity (Wildman–Crippen MR) is 94.3 cm³/mol. The minimum atomic E-state index is 0.503. The van der Waals surface area contributed by atoms with E-state index < -0.39 is 0 Å². The molecule has 1 saturated heterocycles. The molecule has 0 saturated carbocycles. The second-order valence-corrected chi connectivity index (χ2v) is 6.51. The molecule has 1 aliphatic heterocycles. The van der Waals surface area contributed by atoms with Crippen LogP contribution in [0.5, 0.6) is 0 Å². The molecule has 0 aliphatic carbocycles. The molecular weight excluding hydrogens is 308 g/mol. The molecule has 3 heterocycles. The molecule has 0 amide bonds. The van der Waals surface area contributed by atoms with Crippen molar-refractivity contribution in [3.05, 3.63) is 52.9 Å². The standard InChI is InChI=1S/C18H19ClN4/c1-2-12-9-20-17-16(12)18(22-11-21-17)23-7-6-14(10-23)13-4-3-5-15(19)8-13/h3-5,8-9,11,14H,2,6-7,10H2,1H3,(H,20,21,22). The molecule has 5 heteroatoms. The van der Waals surface area contributed by atoms with Crippen LogP contribution in [-0.4, -0.2) is 28.0 Å². The van der Waals surface area contributed by atoms with Crippen LogP contribution < -0.4 is 4.90 Å². The lowest BCUT2D eigenvalue weighted by Crippen LogP contribution is -2.21. The Labute approximate surface area is 140 Å². The van der Waals surface area contributed by atoms with Crippen molar-refractivity contribution in [1.29, 1.82) is 0 Å². The zero-order valence-electron chi connectivity index (χ0n) is 13.1. The highest BCUT2D eigenvalue weighted by atomic mass is 35.5. The number of fused-ring (bicyclic) bond motifs is 1. The van der Waals surface area contributed by atoms with E-state index in [9.17, 15) is 0 Å². The van der Waals surface area contributed by atoms with Crippen LogP contribution in [0.1, 0.15) is 30.4 Å². The molecular formula is C18H19ClN4. The topological polar surface area (TPSA) is 44.8 Å². The van der Waals surface area contributed by atoms with Crippen molar-refractivity contribution < 1.29 is 0 Å². The Kier molecular flexibility index (Phi) is 3.69. The number of anilines is 1. The molecule has 1 aliphatic rings. The lowest BCUT2D eigenvalue weighted by atomic mass is 9.99. The van der Waals surface area contributed by atoms with E-state index in [-0.39, 0.29) is 0 Å². The van der Waals surface area contributed by atoms with Crippen LogP contribution >= 0.6 is 11.6 Å². The molecule has 0 spiro atoms. The van der Waals surface area contributed by atoms with Gasteiger partial charge in [0.05, 0.1) is 5.39 Å². The fraction of sp³-hybridized carbons (Fsp3) is 0.333. The van der Waals surface area contributed by atoms with Gasteiger partial charge in [-0.15, -0.1) is 0 Å². The van der Waals surface area contributed by atoms with Gasteiger partial charge in [-0.05, 0) is 36.1 Å². The first kappa shape index (κ1) is 14.5. The normalized spacial score (nSPS) is 18.0. The summed E-state index contributed by atoms with van der Waals surface area (Å²) < 4.78 is 0. The number of aromatic nitrogens is 3. The summed E-state index contributed by atoms with van der Waals surface area (Å²) in [5.74, 6) is 1.56. The molecule has 2 aromatic heterocycles. The van der Waals surface area contributed by atoms with E-state index in [4.69, 9.17) is 11.6 Å². The molecule has 1 aromatic carbocycles. The Bertz CT molecular complexity index is 842. The summed E-state index contributed by atoms with van der Waals surface area (Å²) in [5.41, 5.74) is 3.52. The average molecular weight is 327 g/mol. The first-order valence-corrected chi connectivity index (χ1v) is 8.45. The fourth-order valence-corrected chi connectivity index (χ4v) is 3.71. The summed E-state index contributed by atoms with van der Waals surface area (Å²) >= 11 is 6.14. The third kappa shape index (κ3) is 2.57. The average Bonchev–Trinajstić information content (AvgIpc) is 3.21. The van der Waals surface area contributed by atoms with Crippen molar-refractivity contribution >= 4 is 28.5 Å². The van der Waals surface area contributed by atoms with Crippen LogP contribution in [0.4, 0.5) is 5.82 Å². The molecule has 1 unspecified atom stereocenters. The van der Waals surface area contributed by atoms with Gasteiger partial charge in [0, 0.05) is 30.2 Å². The van der Waals surface area contributed by atoms with Crippen LogP contribution in [0.25, 0.3) is 11.0 Å². The Balaban J connectivity index is 1.66. The van der Waals surface area contributed by atoms with Gasteiger partial charge in [0.1, 0.15) is 17.8 Å². The lowest BCUT2D eigenvalue weighted by molar-refractivity contribution is 0.774. The molecule has 1 fully saturated rings. The minimum Gasteiger partial charge on any atom is -0.355 e. The van der Waals surface area contributed by atoms with Crippen molar-refractivity contribution in [3.63, 3.8) is 0 Å².